The number of carbonyl (C=O) groups is 1. The molecule has 0 saturated heterocycles. The highest BCUT2D eigenvalue weighted by Gasteiger charge is 1.98. The molecule has 102 valence electrons. The van der Waals surface area contributed by atoms with E-state index >= 15 is 0 Å². The second-order valence-electron chi connectivity index (χ2n) is 4.21. The monoisotopic (exact) mass is 244 g/mol. The number of hydrogen-bond donors (Lipinski definition) is 2. The van der Waals surface area contributed by atoms with Gasteiger partial charge in [0, 0.05) is 13.2 Å². The molecule has 0 atom stereocenters. The van der Waals surface area contributed by atoms with Crippen LogP contribution in [0.25, 0.3) is 0 Å². The molecule has 17 heavy (non-hydrogen) atoms. The van der Waals surface area contributed by atoms with Crippen molar-refractivity contribution in [1.29, 1.82) is 0 Å². The van der Waals surface area contributed by atoms with Gasteiger partial charge >= 0.3 is 0 Å². The Kier molecular flexibility index (Phi) is 13.0. The summed E-state index contributed by atoms with van der Waals surface area (Å²) >= 11 is 0. The van der Waals surface area contributed by atoms with Crippen LogP contribution in [0.5, 0.6) is 0 Å². The number of unbranched alkanes of at least 4 members (excludes halogenated alkanes) is 5. The number of nitrogens with one attached hydrogen (secondary N) is 2. The van der Waals surface area contributed by atoms with Crippen molar-refractivity contribution in [2.24, 2.45) is 0 Å². The maximum absolute atomic E-state index is 11.2. The first kappa shape index (κ1) is 16.4. The Labute approximate surface area is 105 Å². The van der Waals surface area contributed by atoms with Gasteiger partial charge in [0.1, 0.15) is 6.61 Å². The molecular weight excluding hydrogens is 216 g/mol. The first-order chi connectivity index (χ1) is 8.31. The van der Waals surface area contributed by atoms with Gasteiger partial charge < -0.3 is 15.4 Å². The van der Waals surface area contributed by atoms with Gasteiger partial charge in [0.2, 0.25) is 5.91 Å². The number of carbonyl (C=O) groups excluding carboxylic acids is 1. The lowest BCUT2D eigenvalue weighted by Gasteiger charge is -2.05. The summed E-state index contributed by atoms with van der Waals surface area (Å²) in [6, 6.07) is 0. The minimum absolute atomic E-state index is 0.000806. The quantitative estimate of drug-likeness (QED) is 0.514. The van der Waals surface area contributed by atoms with Crippen molar-refractivity contribution >= 4 is 5.91 Å². The Bertz CT molecular complexity index is 175. The Morgan fingerprint density at radius 2 is 1.59 bits per heavy atom. The average molecular weight is 244 g/mol. The van der Waals surface area contributed by atoms with Crippen LogP contribution >= 0.6 is 0 Å². The molecule has 0 unspecified atom stereocenters. The highest BCUT2D eigenvalue weighted by molar-refractivity contribution is 5.77. The topological polar surface area (TPSA) is 50.4 Å². The molecule has 4 heteroatoms. The van der Waals surface area contributed by atoms with E-state index in [9.17, 15) is 4.79 Å². The van der Waals surface area contributed by atoms with Crippen molar-refractivity contribution in [3.05, 3.63) is 0 Å². The average Bonchev–Trinajstić information content (AvgIpc) is 2.34. The van der Waals surface area contributed by atoms with Gasteiger partial charge in [-0.05, 0) is 33.4 Å². The first-order valence-electron chi connectivity index (χ1n) is 6.80. The Morgan fingerprint density at radius 3 is 2.18 bits per heavy atom. The predicted octanol–water partition coefficient (Wildman–Crippen LogP) is 1.70. The summed E-state index contributed by atoms with van der Waals surface area (Å²) in [5.41, 5.74) is 0. The minimum Gasteiger partial charge on any atom is -0.372 e. The van der Waals surface area contributed by atoms with E-state index in [1.807, 2.05) is 14.0 Å². The molecule has 0 fully saturated rings. The Balaban J connectivity index is 3.05. The Morgan fingerprint density at radius 1 is 1.00 bits per heavy atom. The van der Waals surface area contributed by atoms with Crippen molar-refractivity contribution in [3.63, 3.8) is 0 Å². The fourth-order valence-electron chi connectivity index (χ4n) is 1.61. The largest absolute Gasteiger partial charge is 0.372 e. The van der Waals surface area contributed by atoms with Crippen LogP contribution in [-0.2, 0) is 9.53 Å². The van der Waals surface area contributed by atoms with E-state index < -0.39 is 0 Å². The smallest absolute Gasteiger partial charge is 0.245 e. The molecule has 0 bridgehead atoms. The molecule has 0 saturated carbocycles. The van der Waals surface area contributed by atoms with Gasteiger partial charge in [-0.25, -0.2) is 0 Å². The van der Waals surface area contributed by atoms with Gasteiger partial charge in [0.05, 0.1) is 0 Å². The van der Waals surface area contributed by atoms with E-state index in [0.717, 1.165) is 19.5 Å². The fraction of sp³-hybridized carbons (Fsp3) is 0.923. The third-order valence-electron chi connectivity index (χ3n) is 2.61. The molecule has 0 aliphatic rings. The second kappa shape index (κ2) is 13.5. The highest BCUT2D eigenvalue weighted by Crippen LogP contribution is 2.04. The molecule has 0 aliphatic carbocycles. The summed E-state index contributed by atoms with van der Waals surface area (Å²) in [5.74, 6) is 0.000806. The van der Waals surface area contributed by atoms with Crippen molar-refractivity contribution < 1.29 is 9.53 Å². The lowest BCUT2D eigenvalue weighted by molar-refractivity contribution is -0.125. The van der Waals surface area contributed by atoms with Gasteiger partial charge in [0.25, 0.3) is 0 Å². The lowest BCUT2D eigenvalue weighted by Crippen LogP contribution is -2.28. The molecule has 0 heterocycles. The van der Waals surface area contributed by atoms with Crippen LogP contribution in [0.2, 0.25) is 0 Å². The second-order valence-corrected chi connectivity index (χ2v) is 4.21. The fourth-order valence-corrected chi connectivity index (χ4v) is 1.61. The summed E-state index contributed by atoms with van der Waals surface area (Å²) in [6.45, 7) is 4.58. The molecule has 0 radical (unpaired) electrons. The van der Waals surface area contributed by atoms with Crippen molar-refractivity contribution in [3.8, 4) is 0 Å². The van der Waals surface area contributed by atoms with Crippen LogP contribution in [-0.4, -0.2) is 39.3 Å². The van der Waals surface area contributed by atoms with Crippen molar-refractivity contribution in [2.45, 2.75) is 45.4 Å². The molecule has 0 spiro atoms. The number of rotatable bonds is 12. The summed E-state index contributed by atoms with van der Waals surface area (Å²) < 4.78 is 5.01. The van der Waals surface area contributed by atoms with Crippen LogP contribution in [0.15, 0.2) is 0 Å². The van der Waals surface area contributed by atoms with E-state index in [4.69, 9.17) is 4.74 Å². The zero-order valence-electron chi connectivity index (χ0n) is 11.4. The third kappa shape index (κ3) is 13.3. The van der Waals surface area contributed by atoms with E-state index in [-0.39, 0.29) is 12.5 Å². The maximum atomic E-state index is 11.2. The zero-order chi connectivity index (χ0) is 12.8. The van der Waals surface area contributed by atoms with E-state index in [0.29, 0.717) is 6.61 Å². The molecule has 0 rings (SSSR count). The SMILES string of the molecule is CCOCC(=O)NCCCCCCCCNC. The first-order valence-corrected chi connectivity index (χ1v) is 6.80. The summed E-state index contributed by atoms with van der Waals surface area (Å²) in [4.78, 5) is 11.2. The zero-order valence-corrected chi connectivity index (χ0v) is 11.4. The van der Waals surface area contributed by atoms with Crippen LogP contribution in [0.3, 0.4) is 0 Å². The number of amides is 1. The van der Waals surface area contributed by atoms with Crippen molar-refractivity contribution in [2.75, 3.05) is 33.4 Å². The van der Waals surface area contributed by atoms with Gasteiger partial charge in [0.15, 0.2) is 0 Å². The molecule has 0 aromatic rings. The molecule has 4 nitrogen and oxygen atoms in total. The van der Waals surface area contributed by atoms with Crippen LogP contribution < -0.4 is 10.6 Å². The minimum atomic E-state index is 0.000806. The summed E-state index contributed by atoms with van der Waals surface area (Å²) in [7, 11) is 1.99. The third-order valence-corrected chi connectivity index (χ3v) is 2.61. The number of ether oxygens (including phenoxy) is 1. The van der Waals surface area contributed by atoms with E-state index in [1.165, 1.54) is 32.1 Å². The van der Waals surface area contributed by atoms with E-state index in [2.05, 4.69) is 10.6 Å². The normalized spacial score (nSPS) is 10.5. The van der Waals surface area contributed by atoms with Crippen LogP contribution in [0, 0.1) is 0 Å². The summed E-state index contributed by atoms with van der Waals surface area (Å²) in [5, 5.41) is 6.00. The summed E-state index contributed by atoms with van der Waals surface area (Å²) in [6.07, 6.45) is 7.41. The molecule has 2 N–H and O–H groups in total. The predicted molar refractivity (Wildman–Crippen MR) is 71.1 cm³/mol. The van der Waals surface area contributed by atoms with Gasteiger partial charge in [-0.1, -0.05) is 25.7 Å². The van der Waals surface area contributed by atoms with E-state index in [1.54, 1.807) is 0 Å². The van der Waals surface area contributed by atoms with Gasteiger partial charge in [-0.15, -0.1) is 0 Å². The molecular formula is C13H28N2O2. The lowest BCUT2D eigenvalue weighted by atomic mass is 10.1. The molecule has 1 amide bonds. The van der Waals surface area contributed by atoms with Crippen LogP contribution in [0.4, 0.5) is 0 Å². The maximum Gasteiger partial charge on any atom is 0.245 e. The van der Waals surface area contributed by atoms with Crippen molar-refractivity contribution in [1.82, 2.24) is 10.6 Å². The van der Waals surface area contributed by atoms with Gasteiger partial charge in [-0.3, -0.25) is 4.79 Å². The highest BCUT2D eigenvalue weighted by atomic mass is 16.5. The Hall–Kier alpha value is -0.610. The molecule has 0 aliphatic heterocycles. The van der Waals surface area contributed by atoms with Crippen LogP contribution in [0.1, 0.15) is 45.4 Å². The standard InChI is InChI=1S/C13H28N2O2/c1-3-17-12-13(16)15-11-9-7-5-4-6-8-10-14-2/h14H,3-12H2,1-2H3,(H,15,16). The molecule has 0 aromatic heterocycles. The molecule has 0 aromatic carbocycles. The number of hydrogen-bond acceptors (Lipinski definition) is 3. The van der Waals surface area contributed by atoms with Gasteiger partial charge in [-0.2, -0.15) is 0 Å².